The van der Waals surface area contributed by atoms with Crippen LogP contribution in [0, 0.1) is 5.82 Å². The van der Waals surface area contributed by atoms with E-state index in [-0.39, 0.29) is 23.6 Å². The number of amides is 1. The van der Waals surface area contributed by atoms with Crippen molar-refractivity contribution in [2.24, 2.45) is 5.10 Å². The van der Waals surface area contributed by atoms with Crippen molar-refractivity contribution in [2.45, 2.75) is 13.3 Å². The molecule has 0 aliphatic rings. The van der Waals surface area contributed by atoms with Crippen molar-refractivity contribution in [2.75, 3.05) is 6.61 Å². The van der Waals surface area contributed by atoms with Gasteiger partial charge in [0.25, 0.3) is 0 Å². The number of carbonyl (C=O) groups is 2. The van der Waals surface area contributed by atoms with Crippen LogP contribution in [0.2, 0.25) is 0 Å². The summed E-state index contributed by atoms with van der Waals surface area (Å²) in [6.07, 6.45) is 1.69. The molecule has 0 spiro atoms. The van der Waals surface area contributed by atoms with Gasteiger partial charge in [0.15, 0.2) is 11.5 Å². The van der Waals surface area contributed by atoms with Gasteiger partial charge < -0.3 is 9.47 Å². The number of hydrogen-bond donors (Lipinski definition) is 1. The second kappa shape index (κ2) is 10.7. The molecule has 158 valence electrons. The maximum atomic E-state index is 13.0. The average Bonchev–Trinajstić information content (AvgIpc) is 2.77. The lowest BCUT2D eigenvalue weighted by atomic mass is 10.1. The van der Waals surface area contributed by atoms with Gasteiger partial charge in [-0.15, -0.1) is 0 Å². The molecule has 3 aromatic carbocycles. The van der Waals surface area contributed by atoms with Gasteiger partial charge in [-0.2, -0.15) is 5.10 Å². The van der Waals surface area contributed by atoms with Crippen LogP contribution in [0.15, 0.2) is 77.9 Å². The number of ether oxygens (including phenoxy) is 2. The van der Waals surface area contributed by atoms with E-state index in [0.29, 0.717) is 17.9 Å². The monoisotopic (exact) mass is 420 g/mol. The molecule has 31 heavy (non-hydrogen) atoms. The van der Waals surface area contributed by atoms with Crippen molar-refractivity contribution in [3.8, 4) is 11.5 Å². The Balaban J connectivity index is 1.65. The number of hydrogen-bond acceptors (Lipinski definition) is 5. The lowest BCUT2D eigenvalue weighted by Gasteiger charge is -2.11. The van der Waals surface area contributed by atoms with E-state index in [1.165, 1.54) is 30.5 Å². The Morgan fingerprint density at radius 1 is 1.00 bits per heavy atom. The average molecular weight is 420 g/mol. The number of halogens is 1. The highest BCUT2D eigenvalue weighted by Gasteiger charge is 2.13. The summed E-state index contributed by atoms with van der Waals surface area (Å²) in [6.45, 7) is 2.16. The minimum atomic E-state index is -0.629. The Kier molecular flexibility index (Phi) is 7.48. The summed E-state index contributed by atoms with van der Waals surface area (Å²) in [5.41, 5.74) is 4.23. The molecule has 0 saturated heterocycles. The van der Waals surface area contributed by atoms with Crippen LogP contribution in [-0.2, 0) is 11.2 Å². The molecular formula is C24H21FN2O4. The van der Waals surface area contributed by atoms with Gasteiger partial charge in [-0.05, 0) is 60.5 Å². The van der Waals surface area contributed by atoms with Crippen LogP contribution in [0.3, 0.4) is 0 Å². The molecule has 0 heterocycles. The minimum absolute atomic E-state index is 0.218. The maximum Gasteiger partial charge on any atom is 0.343 e. The van der Waals surface area contributed by atoms with Crippen molar-refractivity contribution in [1.82, 2.24) is 5.43 Å². The number of hydrazone groups is 1. The largest absolute Gasteiger partial charge is 0.490 e. The van der Waals surface area contributed by atoms with Gasteiger partial charge >= 0.3 is 5.97 Å². The van der Waals surface area contributed by atoms with E-state index in [4.69, 9.17) is 9.47 Å². The van der Waals surface area contributed by atoms with Crippen LogP contribution >= 0.6 is 0 Å². The fraction of sp³-hybridized carbons (Fsp3) is 0.125. The van der Waals surface area contributed by atoms with Crippen molar-refractivity contribution >= 4 is 18.1 Å². The van der Waals surface area contributed by atoms with Crippen molar-refractivity contribution in [3.05, 3.63) is 95.3 Å². The number of rotatable bonds is 8. The fourth-order valence-electron chi connectivity index (χ4n) is 2.70. The van der Waals surface area contributed by atoms with Gasteiger partial charge in [-0.3, -0.25) is 4.79 Å². The second-order valence-electron chi connectivity index (χ2n) is 6.49. The second-order valence-corrected chi connectivity index (χ2v) is 6.49. The summed E-state index contributed by atoms with van der Waals surface area (Å²) >= 11 is 0. The zero-order valence-electron chi connectivity index (χ0n) is 16.9. The zero-order chi connectivity index (χ0) is 22.1. The van der Waals surface area contributed by atoms with E-state index in [9.17, 15) is 14.0 Å². The summed E-state index contributed by atoms with van der Waals surface area (Å²) < 4.78 is 24.0. The molecule has 7 heteroatoms. The maximum absolute atomic E-state index is 13.0. The van der Waals surface area contributed by atoms with Gasteiger partial charge in [0.2, 0.25) is 5.91 Å². The molecule has 0 aliphatic carbocycles. The number of nitrogens with zero attached hydrogens (tertiary/aromatic N) is 1. The number of carbonyl (C=O) groups excluding carboxylic acids is 2. The molecule has 3 aromatic rings. The van der Waals surface area contributed by atoms with Gasteiger partial charge in [0, 0.05) is 0 Å². The van der Waals surface area contributed by atoms with Crippen LogP contribution < -0.4 is 14.9 Å². The molecule has 0 saturated carbocycles. The van der Waals surface area contributed by atoms with Crippen LogP contribution in [0.5, 0.6) is 11.5 Å². The first kappa shape index (κ1) is 21.7. The van der Waals surface area contributed by atoms with Crippen molar-refractivity contribution < 1.29 is 23.5 Å². The summed E-state index contributed by atoms with van der Waals surface area (Å²) in [7, 11) is 0. The van der Waals surface area contributed by atoms with E-state index in [1.807, 2.05) is 30.3 Å². The van der Waals surface area contributed by atoms with Gasteiger partial charge in [-0.1, -0.05) is 30.3 Å². The van der Waals surface area contributed by atoms with Crippen LogP contribution in [0.25, 0.3) is 0 Å². The number of nitrogens with one attached hydrogen (secondary N) is 1. The van der Waals surface area contributed by atoms with Gasteiger partial charge in [0.1, 0.15) is 5.82 Å². The van der Waals surface area contributed by atoms with E-state index in [0.717, 1.165) is 5.56 Å². The Labute approximate surface area is 179 Å². The predicted molar refractivity (Wildman–Crippen MR) is 115 cm³/mol. The quantitative estimate of drug-likeness (QED) is 0.257. The first-order valence-corrected chi connectivity index (χ1v) is 9.65. The Morgan fingerprint density at radius 3 is 2.45 bits per heavy atom. The molecule has 1 amide bonds. The summed E-state index contributed by atoms with van der Waals surface area (Å²) in [5, 5.41) is 3.96. The van der Waals surface area contributed by atoms with Crippen LogP contribution in [0.1, 0.15) is 28.4 Å². The molecule has 1 N–H and O–H groups in total. The standard InChI is InChI=1S/C24H21FN2O4/c1-2-30-22-14-18(16-26-27-23(28)15-17-6-4-3-5-7-17)8-13-21(22)31-24(29)19-9-11-20(25)12-10-19/h3-14,16H,2,15H2,1H3,(H,27,28). The third kappa shape index (κ3) is 6.50. The molecule has 0 aliphatic heterocycles. The molecule has 0 bridgehead atoms. The summed E-state index contributed by atoms with van der Waals surface area (Å²) in [5.74, 6) is -0.738. The molecule has 0 fully saturated rings. The minimum Gasteiger partial charge on any atom is -0.490 e. The van der Waals surface area contributed by atoms with Crippen LogP contribution in [0.4, 0.5) is 4.39 Å². The zero-order valence-corrected chi connectivity index (χ0v) is 16.9. The van der Waals surface area contributed by atoms with E-state index in [1.54, 1.807) is 25.1 Å². The first-order valence-electron chi connectivity index (χ1n) is 9.65. The van der Waals surface area contributed by atoms with Crippen LogP contribution in [-0.4, -0.2) is 24.7 Å². The fourth-order valence-corrected chi connectivity index (χ4v) is 2.70. The Bertz CT molecular complexity index is 1070. The highest BCUT2D eigenvalue weighted by Crippen LogP contribution is 2.29. The van der Waals surface area contributed by atoms with Crippen molar-refractivity contribution in [3.63, 3.8) is 0 Å². The molecular weight excluding hydrogens is 399 g/mol. The normalized spacial score (nSPS) is 10.6. The smallest absolute Gasteiger partial charge is 0.343 e. The molecule has 3 rings (SSSR count). The van der Waals surface area contributed by atoms with E-state index in [2.05, 4.69) is 10.5 Å². The molecule has 0 unspecified atom stereocenters. The van der Waals surface area contributed by atoms with Crippen molar-refractivity contribution in [1.29, 1.82) is 0 Å². The highest BCUT2D eigenvalue weighted by molar-refractivity contribution is 5.91. The van der Waals surface area contributed by atoms with Gasteiger partial charge in [-0.25, -0.2) is 14.6 Å². The first-order chi connectivity index (χ1) is 15.0. The summed E-state index contributed by atoms with van der Waals surface area (Å²) in [6, 6.07) is 19.3. The topological polar surface area (TPSA) is 77.0 Å². The van der Waals surface area contributed by atoms with Gasteiger partial charge in [0.05, 0.1) is 24.8 Å². The number of esters is 1. The molecule has 0 aromatic heterocycles. The third-order valence-corrected chi connectivity index (χ3v) is 4.16. The third-order valence-electron chi connectivity index (χ3n) is 4.16. The lowest BCUT2D eigenvalue weighted by molar-refractivity contribution is -0.120. The number of benzene rings is 3. The summed E-state index contributed by atoms with van der Waals surface area (Å²) in [4.78, 5) is 24.3. The predicted octanol–water partition coefficient (Wildman–Crippen LogP) is 4.14. The SMILES string of the molecule is CCOc1cc(C=NNC(=O)Cc2ccccc2)ccc1OC(=O)c1ccc(F)cc1. The Morgan fingerprint density at radius 2 is 1.74 bits per heavy atom. The highest BCUT2D eigenvalue weighted by atomic mass is 19.1. The molecule has 6 nitrogen and oxygen atoms in total. The van der Waals surface area contributed by atoms with E-state index < -0.39 is 11.8 Å². The Hall–Kier alpha value is -4.00. The molecule has 0 radical (unpaired) electrons. The van der Waals surface area contributed by atoms with E-state index >= 15 is 0 Å². The lowest BCUT2D eigenvalue weighted by Crippen LogP contribution is -2.19. The molecule has 0 atom stereocenters.